The summed E-state index contributed by atoms with van der Waals surface area (Å²) in [5, 5.41) is 2.25. The Morgan fingerprint density at radius 1 is 1.28 bits per heavy atom. The first-order valence-corrected chi connectivity index (χ1v) is 6.56. The van der Waals surface area contributed by atoms with Gasteiger partial charge in [-0.05, 0) is 30.4 Å². The molecule has 96 valence electrons. The van der Waals surface area contributed by atoms with Crippen molar-refractivity contribution in [2.75, 3.05) is 13.2 Å². The fourth-order valence-electron chi connectivity index (χ4n) is 1.97. The lowest BCUT2D eigenvalue weighted by atomic mass is 10.1. The summed E-state index contributed by atoms with van der Waals surface area (Å²) in [6.45, 7) is 3.20. The predicted molar refractivity (Wildman–Crippen MR) is 74.9 cm³/mol. The molecule has 0 aliphatic heterocycles. The summed E-state index contributed by atoms with van der Waals surface area (Å²) in [6.07, 6.45) is 3.33. The summed E-state index contributed by atoms with van der Waals surface area (Å²) in [5.74, 6) is 0.713. The molecule has 1 aromatic heterocycles. The van der Waals surface area contributed by atoms with Gasteiger partial charge in [0.2, 0.25) is 5.88 Å². The van der Waals surface area contributed by atoms with E-state index in [0.29, 0.717) is 19.0 Å². The van der Waals surface area contributed by atoms with E-state index >= 15 is 0 Å². The van der Waals surface area contributed by atoms with Crippen LogP contribution in [0.15, 0.2) is 30.3 Å². The molecule has 18 heavy (non-hydrogen) atoms. The van der Waals surface area contributed by atoms with E-state index in [-0.39, 0.29) is 0 Å². The monoisotopic (exact) mass is 244 g/mol. The summed E-state index contributed by atoms with van der Waals surface area (Å²) in [4.78, 5) is 4.60. The van der Waals surface area contributed by atoms with E-state index in [1.807, 2.05) is 18.2 Å². The van der Waals surface area contributed by atoms with Crippen LogP contribution in [0, 0.1) is 0 Å². The van der Waals surface area contributed by atoms with E-state index < -0.39 is 0 Å². The number of rotatable bonds is 6. The molecule has 0 saturated carbocycles. The third-order valence-corrected chi connectivity index (χ3v) is 2.90. The number of aryl methyl sites for hydroxylation is 1. The second kappa shape index (κ2) is 6.36. The molecule has 1 heterocycles. The zero-order valence-electron chi connectivity index (χ0n) is 10.9. The average molecular weight is 244 g/mol. The Morgan fingerprint density at radius 3 is 2.89 bits per heavy atom. The first kappa shape index (κ1) is 12.8. The summed E-state index contributed by atoms with van der Waals surface area (Å²) in [7, 11) is 0. The SMILES string of the molecule is CCCCc1cc2ccccc2c(OCCN)n1. The minimum absolute atomic E-state index is 0.508. The molecule has 2 rings (SSSR count). The van der Waals surface area contributed by atoms with Crippen LogP contribution in [-0.2, 0) is 6.42 Å². The number of nitrogens with zero attached hydrogens (tertiary/aromatic N) is 1. The third kappa shape index (κ3) is 2.99. The highest BCUT2D eigenvalue weighted by Crippen LogP contribution is 2.25. The maximum Gasteiger partial charge on any atom is 0.221 e. The Labute approximate surface area is 108 Å². The van der Waals surface area contributed by atoms with Crippen LogP contribution >= 0.6 is 0 Å². The molecule has 3 nitrogen and oxygen atoms in total. The molecule has 2 aromatic rings. The number of unbranched alkanes of at least 4 members (excludes halogenated alkanes) is 1. The van der Waals surface area contributed by atoms with Crippen molar-refractivity contribution in [1.82, 2.24) is 4.98 Å². The lowest BCUT2D eigenvalue weighted by molar-refractivity contribution is 0.319. The Morgan fingerprint density at radius 2 is 2.11 bits per heavy atom. The molecular weight excluding hydrogens is 224 g/mol. The molecule has 0 atom stereocenters. The number of pyridine rings is 1. The number of hydrogen-bond donors (Lipinski definition) is 1. The van der Waals surface area contributed by atoms with Crippen molar-refractivity contribution in [1.29, 1.82) is 0 Å². The van der Waals surface area contributed by atoms with E-state index in [1.54, 1.807) is 0 Å². The zero-order valence-corrected chi connectivity index (χ0v) is 10.9. The molecule has 0 spiro atoms. The Hall–Kier alpha value is -1.61. The number of benzene rings is 1. The van der Waals surface area contributed by atoms with Crippen molar-refractivity contribution < 1.29 is 4.74 Å². The number of aromatic nitrogens is 1. The van der Waals surface area contributed by atoms with Crippen LogP contribution < -0.4 is 10.5 Å². The minimum atomic E-state index is 0.508. The fraction of sp³-hybridized carbons (Fsp3) is 0.400. The number of nitrogens with two attached hydrogens (primary N) is 1. The van der Waals surface area contributed by atoms with Gasteiger partial charge < -0.3 is 10.5 Å². The van der Waals surface area contributed by atoms with E-state index in [4.69, 9.17) is 10.5 Å². The lowest BCUT2D eigenvalue weighted by Crippen LogP contribution is -2.12. The molecule has 0 bridgehead atoms. The van der Waals surface area contributed by atoms with Crippen molar-refractivity contribution in [2.45, 2.75) is 26.2 Å². The van der Waals surface area contributed by atoms with Gasteiger partial charge in [-0.2, -0.15) is 0 Å². The van der Waals surface area contributed by atoms with Crippen molar-refractivity contribution >= 4 is 10.8 Å². The average Bonchev–Trinajstić information content (AvgIpc) is 2.42. The highest BCUT2D eigenvalue weighted by Gasteiger charge is 2.06. The normalized spacial score (nSPS) is 10.8. The van der Waals surface area contributed by atoms with E-state index in [2.05, 4.69) is 24.0 Å². The van der Waals surface area contributed by atoms with Gasteiger partial charge in [-0.15, -0.1) is 0 Å². The summed E-state index contributed by atoms with van der Waals surface area (Å²) < 4.78 is 5.65. The molecule has 0 amide bonds. The first-order chi connectivity index (χ1) is 8.85. The van der Waals surface area contributed by atoms with Gasteiger partial charge in [0.15, 0.2) is 0 Å². The van der Waals surface area contributed by atoms with E-state index in [0.717, 1.165) is 23.9 Å². The molecule has 0 unspecified atom stereocenters. The largest absolute Gasteiger partial charge is 0.476 e. The van der Waals surface area contributed by atoms with Gasteiger partial charge in [0.25, 0.3) is 0 Å². The number of fused-ring (bicyclic) bond motifs is 1. The van der Waals surface area contributed by atoms with Crippen LogP contribution in [-0.4, -0.2) is 18.1 Å². The van der Waals surface area contributed by atoms with E-state index in [9.17, 15) is 0 Å². The predicted octanol–water partition coefficient (Wildman–Crippen LogP) is 2.91. The molecule has 3 heteroatoms. The van der Waals surface area contributed by atoms with Crippen molar-refractivity contribution in [3.63, 3.8) is 0 Å². The van der Waals surface area contributed by atoms with Crippen LogP contribution in [0.4, 0.5) is 0 Å². The Kier molecular flexibility index (Phi) is 4.53. The Balaban J connectivity index is 2.36. The third-order valence-electron chi connectivity index (χ3n) is 2.90. The molecule has 0 aliphatic carbocycles. The summed E-state index contributed by atoms with van der Waals surface area (Å²) in [5.41, 5.74) is 6.59. The molecule has 0 fully saturated rings. The minimum Gasteiger partial charge on any atom is -0.476 e. The number of ether oxygens (including phenoxy) is 1. The molecule has 0 saturated heterocycles. The van der Waals surface area contributed by atoms with Crippen molar-refractivity contribution in [3.05, 3.63) is 36.0 Å². The van der Waals surface area contributed by atoms with Gasteiger partial charge in [0.1, 0.15) is 6.61 Å². The second-order valence-electron chi connectivity index (χ2n) is 4.38. The van der Waals surface area contributed by atoms with Crippen LogP contribution in [0.1, 0.15) is 25.5 Å². The van der Waals surface area contributed by atoms with E-state index in [1.165, 1.54) is 11.8 Å². The summed E-state index contributed by atoms with van der Waals surface area (Å²) >= 11 is 0. The molecular formula is C15H20N2O. The summed E-state index contributed by atoms with van der Waals surface area (Å²) in [6, 6.07) is 10.3. The molecule has 2 N–H and O–H groups in total. The topological polar surface area (TPSA) is 48.1 Å². The van der Waals surface area contributed by atoms with Gasteiger partial charge in [-0.1, -0.05) is 31.5 Å². The van der Waals surface area contributed by atoms with Gasteiger partial charge in [-0.25, -0.2) is 4.98 Å². The standard InChI is InChI=1S/C15H20N2O/c1-2-3-7-13-11-12-6-4-5-8-14(12)15(17-13)18-10-9-16/h4-6,8,11H,2-3,7,9-10,16H2,1H3. The smallest absolute Gasteiger partial charge is 0.221 e. The van der Waals surface area contributed by atoms with Gasteiger partial charge in [0.05, 0.1) is 0 Å². The maximum absolute atomic E-state index is 5.65. The van der Waals surface area contributed by atoms with Gasteiger partial charge >= 0.3 is 0 Å². The van der Waals surface area contributed by atoms with Crippen LogP contribution in [0.2, 0.25) is 0 Å². The molecule has 0 aliphatic rings. The molecule has 1 aromatic carbocycles. The van der Waals surface area contributed by atoms with Gasteiger partial charge in [0, 0.05) is 17.6 Å². The van der Waals surface area contributed by atoms with Gasteiger partial charge in [-0.3, -0.25) is 0 Å². The first-order valence-electron chi connectivity index (χ1n) is 6.56. The fourth-order valence-corrected chi connectivity index (χ4v) is 1.97. The number of hydrogen-bond acceptors (Lipinski definition) is 3. The van der Waals surface area contributed by atoms with Crippen LogP contribution in [0.5, 0.6) is 5.88 Å². The van der Waals surface area contributed by atoms with Crippen molar-refractivity contribution in [2.24, 2.45) is 5.73 Å². The highest BCUT2D eigenvalue weighted by molar-refractivity contribution is 5.87. The molecule has 0 radical (unpaired) electrons. The highest BCUT2D eigenvalue weighted by atomic mass is 16.5. The second-order valence-corrected chi connectivity index (χ2v) is 4.38. The van der Waals surface area contributed by atoms with Crippen molar-refractivity contribution in [3.8, 4) is 5.88 Å². The quantitative estimate of drug-likeness (QED) is 0.850. The van der Waals surface area contributed by atoms with Crippen LogP contribution in [0.3, 0.4) is 0 Å². The zero-order chi connectivity index (χ0) is 12.8. The maximum atomic E-state index is 5.65. The lowest BCUT2D eigenvalue weighted by Gasteiger charge is -2.10. The van der Waals surface area contributed by atoms with Crippen LogP contribution in [0.25, 0.3) is 10.8 Å². The Bertz CT molecular complexity index is 511.